The van der Waals surface area contributed by atoms with E-state index in [0.29, 0.717) is 5.75 Å². The van der Waals surface area contributed by atoms with Gasteiger partial charge in [-0.1, -0.05) is 0 Å². The van der Waals surface area contributed by atoms with Crippen LogP contribution in [0.1, 0.15) is 0 Å². The summed E-state index contributed by atoms with van der Waals surface area (Å²) >= 11 is 0. The third-order valence-corrected chi connectivity index (χ3v) is 1.29. The van der Waals surface area contributed by atoms with Crippen molar-refractivity contribution in [1.82, 2.24) is 0 Å². The van der Waals surface area contributed by atoms with E-state index >= 15 is 0 Å². The summed E-state index contributed by atoms with van der Waals surface area (Å²) in [7, 11) is 0.180. The Morgan fingerprint density at radius 2 is 2.00 bits per heavy atom. The lowest BCUT2D eigenvalue weighted by Crippen LogP contribution is -3.00. The summed E-state index contributed by atoms with van der Waals surface area (Å²) in [6.45, 7) is 0. The first-order chi connectivity index (χ1) is 3.13. The fourth-order valence-electron chi connectivity index (χ4n) is 0.285. The van der Waals surface area contributed by atoms with Gasteiger partial charge >= 0.3 is 0 Å². The third-order valence-electron chi connectivity index (χ3n) is 0.431. The molecular weight excluding hydrogens is 237 g/mol. The standard InChI is InChI=1S/C4H9NOS.HI/c1-7(2)3-4(5)6;/h3H2,1-2H3,(H-,5,6);1H. The van der Waals surface area contributed by atoms with Gasteiger partial charge in [-0.25, -0.2) is 0 Å². The molecule has 0 aliphatic carbocycles. The molecule has 0 aromatic carbocycles. The Hall–Kier alpha value is 0.550. The van der Waals surface area contributed by atoms with Gasteiger partial charge in [0.05, 0.1) is 12.5 Å². The van der Waals surface area contributed by atoms with Gasteiger partial charge in [0.2, 0.25) is 0 Å². The number of primary amides is 1. The monoisotopic (exact) mass is 247 g/mol. The molecule has 50 valence electrons. The smallest absolute Gasteiger partial charge is 0.267 e. The average Bonchev–Trinajstić information content (AvgIpc) is 1.27. The number of carbonyl (C=O) groups excluding carboxylic acids is 1. The summed E-state index contributed by atoms with van der Waals surface area (Å²) in [5.41, 5.74) is 4.86. The van der Waals surface area contributed by atoms with Crippen molar-refractivity contribution in [2.45, 2.75) is 0 Å². The van der Waals surface area contributed by atoms with Gasteiger partial charge in [0.15, 0.2) is 5.75 Å². The topological polar surface area (TPSA) is 43.1 Å². The van der Waals surface area contributed by atoms with Crippen LogP contribution < -0.4 is 29.7 Å². The average molecular weight is 247 g/mol. The fraction of sp³-hybridized carbons (Fsp3) is 0.750. The molecule has 0 bridgehead atoms. The first-order valence-electron chi connectivity index (χ1n) is 1.95. The molecule has 8 heavy (non-hydrogen) atoms. The molecule has 0 aliphatic heterocycles. The van der Waals surface area contributed by atoms with Crippen LogP contribution in [0.2, 0.25) is 0 Å². The van der Waals surface area contributed by atoms with Gasteiger partial charge < -0.3 is 29.7 Å². The second-order valence-electron chi connectivity index (χ2n) is 1.60. The number of carbonyl (C=O) groups is 1. The molecule has 0 aliphatic rings. The Kier molecular flexibility index (Phi) is 8.07. The zero-order valence-electron chi connectivity index (χ0n) is 4.98. The highest BCUT2D eigenvalue weighted by molar-refractivity contribution is 7.96. The number of amides is 1. The van der Waals surface area contributed by atoms with Crippen LogP contribution >= 0.6 is 0 Å². The maximum absolute atomic E-state index is 10.0. The molecule has 0 aromatic heterocycles. The number of hydrogen-bond acceptors (Lipinski definition) is 1. The number of halogens is 1. The van der Waals surface area contributed by atoms with E-state index in [0.717, 1.165) is 0 Å². The van der Waals surface area contributed by atoms with Crippen LogP contribution in [0.4, 0.5) is 0 Å². The highest BCUT2D eigenvalue weighted by Gasteiger charge is 2.04. The van der Waals surface area contributed by atoms with E-state index in [1.807, 2.05) is 12.5 Å². The SMILES string of the molecule is C[S+](C)CC(N)=O.[I-]. The van der Waals surface area contributed by atoms with Crippen molar-refractivity contribution in [3.8, 4) is 0 Å². The number of hydrogen-bond donors (Lipinski definition) is 1. The molecule has 0 spiro atoms. The Morgan fingerprint density at radius 3 is 2.00 bits per heavy atom. The summed E-state index contributed by atoms with van der Waals surface area (Å²) in [4.78, 5) is 10.0. The van der Waals surface area contributed by atoms with Crippen molar-refractivity contribution in [3.05, 3.63) is 0 Å². The fourth-order valence-corrected chi connectivity index (χ4v) is 0.854. The van der Waals surface area contributed by atoms with Crippen LogP contribution in [0.15, 0.2) is 0 Å². The summed E-state index contributed by atoms with van der Waals surface area (Å²) < 4.78 is 0. The second-order valence-corrected chi connectivity index (χ2v) is 3.86. The van der Waals surface area contributed by atoms with Crippen molar-refractivity contribution < 1.29 is 28.8 Å². The quantitative estimate of drug-likeness (QED) is 0.397. The molecule has 2 nitrogen and oxygen atoms in total. The van der Waals surface area contributed by atoms with Crippen LogP contribution in [0.3, 0.4) is 0 Å². The second kappa shape index (κ2) is 5.68. The van der Waals surface area contributed by atoms with Gasteiger partial charge in [-0.15, -0.1) is 0 Å². The highest BCUT2D eigenvalue weighted by atomic mass is 127. The Balaban J connectivity index is 0. The van der Waals surface area contributed by atoms with Crippen molar-refractivity contribution in [2.24, 2.45) is 5.73 Å². The molecule has 0 atom stereocenters. The maximum atomic E-state index is 10.0. The zero-order chi connectivity index (χ0) is 5.86. The summed E-state index contributed by atoms with van der Waals surface area (Å²) in [5.74, 6) is 0.327. The van der Waals surface area contributed by atoms with E-state index in [-0.39, 0.29) is 40.8 Å². The van der Waals surface area contributed by atoms with Gasteiger partial charge in [-0.05, 0) is 10.9 Å². The molecule has 4 heteroatoms. The van der Waals surface area contributed by atoms with Gasteiger partial charge in [0, 0.05) is 0 Å². The van der Waals surface area contributed by atoms with E-state index in [9.17, 15) is 4.79 Å². The Bertz CT molecular complexity index is 76.4. The molecule has 0 saturated carbocycles. The Morgan fingerprint density at radius 1 is 1.62 bits per heavy atom. The van der Waals surface area contributed by atoms with Gasteiger partial charge in [0.25, 0.3) is 5.91 Å². The Labute approximate surface area is 69.6 Å². The van der Waals surface area contributed by atoms with E-state index in [1.165, 1.54) is 0 Å². The van der Waals surface area contributed by atoms with Gasteiger partial charge in [-0.2, -0.15) is 0 Å². The minimum Gasteiger partial charge on any atom is -1.00 e. The van der Waals surface area contributed by atoms with Crippen LogP contribution in [-0.2, 0) is 15.7 Å². The lowest BCUT2D eigenvalue weighted by molar-refractivity contribution is -0.115. The zero-order valence-corrected chi connectivity index (χ0v) is 7.95. The number of nitrogens with two attached hydrogens (primary N) is 1. The van der Waals surface area contributed by atoms with Crippen LogP contribution in [0.5, 0.6) is 0 Å². The molecule has 1 amide bonds. The van der Waals surface area contributed by atoms with Gasteiger partial charge in [-0.3, -0.25) is 4.79 Å². The summed E-state index contributed by atoms with van der Waals surface area (Å²) in [6.07, 6.45) is 3.98. The minimum atomic E-state index is -0.201. The van der Waals surface area contributed by atoms with E-state index in [2.05, 4.69) is 0 Å². The van der Waals surface area contributed by atoms with Crippen LogP contribution in [0.25, 0.3) is 0 Å². The lowest BCUT2D eigenvalue weighted by atomic mass is 10.8. The normalized spacial score (nSPS) is 8.38. The third kappa shape index (κ3) is 9.75. The van der Waals surface area contributed by atoms with E-state index in [1.54, 1.807) is 0 Å². The molecule has 0 heterocycles. The number of rotatable bonds is 2. The van der Waals surface area contributed by atoms with Crippen molar-refractivity contribution in [1.29, 1.82) is 0 Å². The predicted octanol–water partition coefficient (Wildman–Crippen LogP) is -3.65. The minimum absolute atomic E-state index is 0. The molecule has 0 aromatic rings. The molecule has 0 unspecified atom stereocenters. The van der Waals surface area contributed by atoms with Gasteiger partial charge in [0.1, 0.15) is 0 Å². The first-order valence-corrected chi connectivity index (χ1v) is 4.16. The molecule has 0 fully saturated rings. The summed E-state index contributed by atoms with van der Waals surface area (Å²) in [5, 5.41) is 0. The van der Waals surface area contributed by atoms with E-state index < -0.39 is 0 Å². The van der Waals surface area contributed by atoms with Crippen molar-refractivity contribution in [2.75, 3.05) is 18.3 Å². The van der Waals surface area contributed by atoms with Crippen molar-refractivity contribution in [3.63, 3.8) is 0 Å². The van der Waals surface area contributed by atoms with Crippen LogP contribution in [-0.4, -0.2) is 24.2 Å². The first kappa shape index (κ1) is 11.4. The molecule has 2 N–H and O–H groups in total. The molecule has 0 rings (SSSR count). The molecular formula is C4H10INOS. The molecule has 0 radical (unpaired) electrons. The lowest BCUT2D eigenvalue weighted by Gasteiger charge is -1.87. The van der Waals surface area contributed by atoms with Crippen molar-refractivity contribution >= 4 is 16.8 Å². The highest BCUT2D eigenvalue weighted by Crippen LogP contribution is 1.78. The largest absolute Gasteiger partial charge is 1.00 e. The summed E-state index contributed by atoms with van der Waals surface area (Å²) in [6, 6.07) is 0. The van der Waals surface area contributed by atoms with E-state index in [4.69, 9.17) is 5.73 Å². The maximum Gasteiger partial charge on any atom is 0.267 e. The molecule has 0 saturated heterocycles. The van der Waals surface area contributed by atoms with Crippen LogP contribution in [0, 0.1) is 0 Å². The predicted molar refractivity (Wildman–Crippen MR) is 33.3 cm³/mol.